The van der Waals surface area contributed by atoms with Gasteiger partial charge in [-0.05, 0) is 23.6 Å². The Kier molecular flexibility index (Phi) is 3.76. The van der Waals surface area contributed by atoms with Crippen molar-refractivity contribution in [3.63, 3.8) is 0 Å². The van der Waals surface area contributed by atoms with Crippen LogP contribution in [0.15, 0.2) is 54.6 Å². The number of ketones is 1. The van der Waals surface area contributed by atoms with Crippen LogP contribution < -0.4 is 0 Å². The van der Waals surface area contributed by atoms with Gasteiger partial charge in [0.2, 0.25) is 0 Å². The summed E-state index contributed by atoms with van der Waals surface area (Å²) in [5.74, 6) is -2.55. The summed E-state index contributed by atoms with van der Waals surface area (Å²) in [5, 5.41) is 9.06. The lowest BCUT2D eigenvalue weighted by molar-refractivity contribution is -0.142. The molecule has 0 fully saturated rings. The number of Topliss-reactive ketones (excluding diaryl/α,β-unsaturated/α-hetero) is 1. The first-order chi connectivity index (χ1) is 9.09. The largest absolute Gasteiger partial charge is 0.480 e. The Bertz CT molecular complexity index is 571. The Morgan fingerprint density at radius 3 is 1.89 bits per heavy atom. The van der Waals surface area contributed by atoms with E-state index in [-0.39, 0.29) is 5.78 Å². The second-order valence-electron chi connectivity index (χ2n) is 4.37. The standard InChI is InChI=1S/C16H14O3/c1-11(17)15(16(18)19)14-9-7-13(8-10-14)12-5-3-2-4-6-12/h2-10,15H,1H3,(H,18,19). The number of carboxylic acid groups (broad SMARTS) is 1. The zero-order valence-corrected chi connectivity index (χ0v) is 10.5. The van der Waals surface area contributed by atoms with Gasteiger partial charge in [0.15, 0.2) is 0 Å². The maximum Gasteiger partial charge on any atom is 0.318 e. The van der Waals surface area contributed by atoms with Gasteiger partial charge in [0.1, 0.15) is 11.7 Å². The van der Waals surface area contributed by atoms with Gasteiger partial charge in [-0.25, -0.2) is 0 Å². The monoisotopic (exact) mass is 254 g/mol. The zero-order chi connectivity index (χ0) is 13.8. The van der Waals surface area contributed by atoms with Crippen LogP contribution in [0, 0.1) is 0 Å². The highest BCUT2D eigenvalue weighted by Gasteiger charge is 2.24. The van der Waals surface area contributed by atoms with E-state index < -0.39 is 11.9 Å². The Labute approximate surface area is 111 Å². The molecule has 1 unspecified atom stereocenters. The highest BCUT2D eigenvalue weighted by molar-refractivity contribution is 6.02. The molecule has 0 bridgehead atoms. The lowest BCUT2D eigenvalue weighted by Crippen LogP contribution is -2.18. The summed E-state index contributed by atoms with van der Waals surface area (Å²) < 4.78 is 0. The number of hydrogen-bond acceptors (Lipinski definition) is 2. The Hall–Kier alpha value is -2.42. The predicted octanol–water partition coefficient (Wildman–Crippen LogP) is 3.11. The van der Waals surface area contributed by atoms with Gasteiger partial charge in [-0.15, -0.1) is 0 Å². The van der Waals surface area contributed by atoms with Crippen LogP contribution in [0.5, 0.6) is 0 Å². The number of aliphatic carboxylic acids is 1. The number of benzene rings is 2. The third-order valence-corrected chi connectivity index (χ3v) is 3.00. The lowest BCUT2D eigenvalue weighted by Gasteiger charge is -2.10. The molecule has 96 valence electrons. The smallest absolute Gasteiger partial charge is 0.318 e. The molecular formula is C16H14O3. The maximum atomic E-state index is 11.4. The highest BCUT2D eigenvalue weighted by Crippen LogP contribution is 2.23. The topological polar surface area (TPSA) is 54.4 Å². The number of carbonyl (C=O) groups excluding carboxylic acids is 1. The lowest BCUT2D eigenvalue weighted by atomic mass is 9.93. The third kappa shape index (κ3) is 2.88. The van der Waals surface area contributed by atoms with Crippen molar-refractivity contribution in [2.45, 2.75) is 12.8 Å². The molecule has 3 nitrogen and oxygen atoms in total. The minimum atomic E-state index is -1.11. The van der Waals surface area contributed by atoms with E-state index in [1.165, 1.54) is 6.92 Å². The van der Waals surface area contributed by atoms with Crippen LogP contribution in [0.2, 0.25) is 0 Å². The summed E-state index contributed by atoms with van der Waals surface area (Å²) >= 11 is 0. The molecule has 0 aliphatic rings. The molecule has 1 N–H and O–H groups in total. The van der Waals surface area contributed by atoms with Crippen LogP contribution in [0.3, 0.4) is 0 Å². The summed E-state index contributed by atoms with van der Waals surface area (Å²) in [5.41, 5.74) is 2.57. The van der Waals surface area contributed by atoms with Gasteiger partial charge < -0.3 is 5.11 Å². The van der Waals surface area contributed by atoms with Crippen molar-refractivity contribution in [3.05, 3.63) is 60.2 Å². The maximum absolute atomic E-state index is 11.4. The fourth-order valence-corrected chi connectivity index (χ4v) is 2.05. The predicted molar refractivity (Wildman–Crippen MR) is 72.9 cm³/mol. The van der Waals surface area contributed by atoms with E-state index in [1.54, 1.807) is 12.1 Å². The molecule has 0 aliphatic heterocycles. The molecular weight excluding hydrogens is 240 g/mol. The zero-order valence-electron chi connectivity index (χ0n) is 10.5. The highest BCUT2D eigenvalue weighted by atomic mass is 16.4. The van der Waals surface area contributed by atoms with E-state index in [4.69, 9.17) is 5.11 Å². The SMILES string of the molecule is CC(=O)C(C(=O)O)c1ccc(-c2ccccc2)cc1. The number of carbonyl (C=O) groups is 2. The van der Waals surface area contributed by atoms with E-state index in [0.717, 1.165) is 11.1 Å². The fraction of sp³-hybridized carbons (Fsp3) is 0.125. The van der Waals surface area contributed by atoms with Crippen molar-refractivity contribution in [3.8, 4) is 11.1 Å². The van der Waals surface area contributed by atoms with Gasteiger partial charge >= 0.3 is 5.97 Å². The molecule has 0 aromatic heterocycles. The average Bonchev–Trinajstić information content (AvgIpc) is 2.40. The molecule has 0 radical (unpaired) electrons. The van der Waals surface area contributed by atoms with Gasteiger partial charge in [0.05, 0.1) is 0 Å². The van der Waals surface area contributed by atoms with Crippen LogP contribution in [-0.2, 0) is 9.59 Å². The fourth-order valence-electron chi connectivity index (χ4n) is 2.05. The van der Waals surface area contributed by atoms with Crippen LogP contribution in [0.4, 0.5) is 0 Å². The first kappa shape index (κ1) is 13.0. The first-order valence-electron chi connectivity index (χ1n) is 5.98. The van der Waals surface area contributed by atoms with Crippen LogP contribution in [0.25, 0.3) is 11.1 Å². The van der Waals surface area contributed by atoms with Crippen molar-refractivity contribution in [1.29, 1.82) is 0 Å². The molecule has 0 saturated carbocycles. The van der Waals surface area contributed by atoms with Crippen LogP contribution in [-0.4, -0.2) is 16.9 Å². The number of hydrogen-bond donors (Lipinski definition) is 1. The van der Waals surface area contributed by atoms with Gasteiger partial charge in [-0.2, -0.15) is 0 Å². The number of carboxylic acids is 1. The van der Waals surface area contributed by atoms with Gasteiger partial charge in [-0.1, -0.05) is 54.6 Å². The number of rotatable bonds is 4. The third-order valence-electron chi connectivity index (χ3n) is 3.00. The van der Waals surface area contributed by atoms with Crippen molar-refractivity contribution >= 4 is 11.8 Å². The molecule has 2 aromatic carbocycles. The van der Waals surface area contributed by atoms with Gasteiger partial charge in [0, 0.05) is 0 Å². The molecule has 3 heteroatoms. The normalized spacial score (nSPS) is 11.8. The summed E-state index contributed by atoms with van der Waals surface area (Å²) in [6, 6.07) is 16.9. The molecule has 0 aliphatic carbocycles. The quantitative estimate of drug-likeness (QED) is 0.853. The van der Waals surface area contributed by atoms with Crippen molar-refractivity contribution in [2.75, 3.05) is 0 Å². The van der Waals surface area contributed by atoms with E-state index in [9.17, 15) is 9.59 Å². The Morgan fingerprint density at radius 1 is 0.895 bits per heavy atom. The summed E-state index contributed by atoms with van der Waals surface area (Å²) in [6.45, 7) is 1.30. The Balaban J connectivity index is 2.33. The summed E-state index contributed by atoms with van der Waals surface area (Å²) in [4.78, 5) is 22.4. The molecule has 2 aromatic rings. The second-order valence-corrected chi connectivity index (χ2v) is 4.37. The molecule has 0 spiro atoms. The van der Waals surface area contributed by atoms with Gasteiger partial charge in [-0.3, -0.25) is 9.59 Å². The molecule has 0 heterocycles. The second kappa shape index (κ2) is 5.48. The van der Waals surface area contributed by atoms with E-state index >= 15 is 0 Å². The van der Waals surface area contributed by atoms with Crippen molar-refractivity contribution < 1.29 is 14.7 Å². The van der Waals surface area contributed by atoms with E-state index in [2.05, 4.69) is 0 Å². The molecule has 1 atom stereocenters. The van der Waals surface area contributed by atoms with E-state index in [0.29, 0.717) is 5.56 Å². The Morgan fingerprint density at radius 2 is 1.42 bits per heavy atom. The van der Waals surface area contributed by atoms with Crippen LogP contribution in [0.1, 0.15) is 18.4 Å². The molecule has 19 heavy (non-hydrogen) atoms. The van der Waals surface area contributed by atoms with Crippen LogP contribution >= 0.6 is 0 Å². The average molecular weight is 254 g/mol. The van der Waals surface area contributed by atoms with Gasteiger partial charge in [0.25, 0.3) is 0 Å². The molecule has 0 amide bonds. The summed E-state index contributed by atoms with van der Waals surface area (Å²) in [7, 11) is 0. The minimum Gasteiger partial charge on any atom is -0.480 e. The molecule has 2 rings (SSSR count). The minimum absolute atomic E-state index is 0.361. The van der Waals surface area contributed by atoms with Crippen molar-refractivity contribution in [2.24, 2.45) is 0 Å². The summed E-state index contributed by atoms with van der Waals surface area (Å²) in [6.07, 6.45) is 0. The first-order valence-corrected chi connectivity index (χ1v) is 5.98. The van der Waals surface area contributed by atoms with Crippen molar-refractivity contribution in [1.82, 2.24) is 0 Å². The molecule has 0 saturated heterocycles. The van der Waals surface area contributed by atoms with E-state index in [1.807, 2.05) is 42.5 Å².